The van der Waals surface area contributed by atoms with Gasteiger partial charge in [-0.05, 0) is 96.7 Å². The number of fused-ring (bicyclic) bond motifs is 7. The molecule has 1 aliphatic carbocycles. The molecule has 0 radical (unpaired) electrons. The Labute approximate surface area is 383 Å². The van der Waals surface area contributed by atoms with E-state index in [9.17, 15) is 0 Å². The normalized spacial score (nSPS) is 12.7. The van der Waals surface area contributed by atoms with Gasteiger partial charge in [0.15, 0.2) is 5.82 Å². The van der Waals surface area contributed by atoms with E-state index in [1.165, 1.54) is 55.5 Å². The van der Waals surface area contributed by atoms with Crippen molar-refractivity contribution in [3.05, 3.63) is 265 Å². The number of benzene rings is 10. The smallest absolute Gasteiger partial charge is 0.160 e. The molecule has 308 valence electrons. The fourth-order valence-electron chi connectivity index (χ4n) is 10.7. The number of para-hydroxylation sites is 1. The zero-order chi connectivity index (χ0) is 43.6. The summed E-state index contributed by atoms with van der Waals surface area (Å²) in [4.78, 5) is 10.5. The molecule has 0 unspecified atom stereocenters. The second-order valence-corrected chi connectivity index (χ2v) is 17.2. The molecule has 0 saturated carbocycles. The Hall–Kier alpha value is -8.66. The number of rotatable bonds is 7. The molecule has 0 N–H and O–H groups in total. The largest absolute Gasteiger partial charge is 0.456 e. The third kappa shape index (κ3) is 5.91. The fraction of sp³-hybridized carbons (Fsp3) is 0.0159. The minimum Gasteiger partial charge on any atom is -0.456 e. The lowest BCUT2D eigenvalue weighted by molar-refractivity contribution is 0.669. The average Bonchev–Trinajstić information content (AvgIpc) is 3.93. The minimum atomic E-state index is -0.489. The summed E-state index contributed by atoms with van der Waals surface area (Å²) in [5.74, 6) is 0.683. The molecule has 0 bridgehead atoms. The Morgan fingerprint density at radius 1 is 0.303 bits per heavy atom. The van der Waals surface area contributed by atoms with Crippen LogP contribution in [-0.2, 0) is 5.41 Å². The molecule has 12 aromatic rings. The lowest BCUT2D eigenvalue weighted by atomic mass is 9.66. The first-order valence-corrected chi connectivity index (χ1v) is 22.6. The van der Waals surface area contributed by atoms with E-state index in [1.807, 2.05) is 30.3 Å². The Kier molecular flexibility index (Phi) is 8.75. The first kappa shape index (κ1) is 37.9. The highest BCUT2D eigenvalue weighted by Crippen LogP contribution is 2.58. The molecule has 0 aliphatic heterocycles. The van der Waals surface area contributed by atoms with Gasteiger partial charge in [0.1, 0.15) is 11.2 Å². The summed E-state index contributed by atoms with van der Waals surface area (Å²) in [6.45, 7) is 0. The predicted molar refractivity (Wildman–Crippen MR) is 271 cm³/mol. The van der Waals surface area contributed by atoms with E-state index in [0.717, 1.165) is 61.0 Å². The van der Waals surface area contributed by atoms with Crippen LogP contribution in [0, 0.1) is 0 Å². The lowest BCUT2D eigenvalue weighted by Gasteiger charge is -2.35. The van der Waals surface area contributed by atoms with Crippen molar-refractivity contribution in [3.8, 4) is 67.3 Å². The zero-order valence-electron chi connectivity index (χ0n) is 35.9. The molecular formula is C63H40N2O. The van der Waals surface area contributed by atoms with Crippen molar-refractivity contribution in [2.24, 2.45) is 0 Å². The minimum absolute atomic E-state index is 0.489. The summed E-state index contributed by atoms with van der Waals surface area (Å²) in [6.07, 6.45) is 0. The second-order valence-electron chi connectivity index (χ2n) is 17.2. The maximum absolute atomic E-state index is 6.19. The molecule has 10 aromatic carbocycles. The number of hydrogen-bond donors (Lipinski definition) is 0. The standard InChI is InChI=1S/C63H40N2O/c1-4-17-43(18-5-1)62-64-57(44-35-38-60-55(39-44)53-26-13-15-30-59(53)66-60)40-58(65-62)52-37-36-47(49-23-10-11-24-50(49)52)41-31-33-42(34-32-41)48-27-16-28-54-51-25-12-14-29-56(51)63(61(48)54,45-19-6-2-7-20-45)46-21-8-3-9-22-46/h1-40H. The Morgan fingerprint density at radius 3 is 1.58 bits per heavy atom. The molecule has 3 nitrogen and oxygen atoms in total. The van der Waals surface area contributed by atoms with Gasteiger partial charge >= 0.3 is 0 Å². The van der Waals surface area contributed by atoms with Crippen LogP contribution in [0.15, 0.2) is 247 Å². The fourth-order valence-corrected chi connectivity index (χ4v) is 10.7. The average molecular weight is 841 g/mol. The summed E-state index contributed by atoms with van der Waals surface area (Å²) < 4.78 is 6.19. The third-order valence-electron chi connectivity index (χ3n) is 13.6. The van der Waals surface area contributed by atoms with Crippen LogP contribution in [0.3, 0.4) is 0 Å². The molecule has 13 rings (SSSR count). The van der Waals surface area contributed by atoms with Crippen molar-refractivity contribution < 1.29 is 4.42 Å². The monoisotopic (exact) mass is 840 g/mol. The van der Waals surface area contributed by atoms with E-state index in [2.05, 4.69) is 212 Å². The van der Waals surface area contributed by atoms with Gasteiger partial charge in [-0.1, -0.05) is 212 Å². The van der Waals surface area contributed by atoms with Gasteiger partial charge in [0.2, 0.25) is 0 Å². The molecule has 0 saturated heterocycles. The van der Waals surface area contributed by atoms with Gasteiger partial charge in [-0.25, -0.2) is 9.97 Å². The molecule has 2 heterocycles. The number of aromatic nitrogens is 2. The summed E-state index contributed by atoms with van der Waals surface area (Å²) in [6, 6.07) is 87.2. The Balaban J connectivity index is 0.936. The second kappa shape index (κ2) is 15.3. The van der Waals surface area contributed by atoms with Gasteiger partial charge in [-0.2, -0.15) is 0 Å². The van der Waals surface area contributed by atoms with Gasteiger partial charge in [0, 0.05) is 27.5 Å². The molecule has 0 fully saturated rings. The summed E-state index contributed by atoms with van der Waals surface area (Å²) in [7, 11) is 0. The van der Waals surface area contributed by atoms with Crippen LogP contribution in [0.25, 0.3) is 100.0 Å². The van der Waals surface area contributed by atoms with Crippen molar-refractivity contribution in [1.29, 1.82) is 0 Å². The van der Waals surface area contributed by atoms with Crippen LogP contribution in [0.2, 0.25) is 0 Å². The number of furan rings is 1. The van der Waals surface area contributed by atoms with E-state index in [0.29, 0.717) is 5.82 Å². The quantitative estimate of drug-likeness (QED) is 0.160. The van der Waals surface area contributed by atoms with E-state index in [1.54, 1.807) is 0 Å². The Bertz CT molecular complexity index is 3760. The zero-order valence-corrected chi connectivity index (χ0v) is 35.9. The van der Waals surface area contributed by atoms with Crippen molar-refractivity contribution >= 4 is 32.7 Å². The Morgan fingerprint density at radius 2 is 0.833 bits per heavy atom. The topological polar surface area (TPSA) is 38.9 Å². The van der Waals surface area contributed by atoms with Gasteiger partial charge in [-0.15, -0.1) is 0 Å². The number of nitrogens with zero attached hydrogens (tertiary/aromatic N) is 2. The predicted octanol–water partition coefficient (Wildman–Crippen LogP) is 16.2. The van der Waals surface area contributed by atoms with Crippen LogP contribution in [0.5, 0.6) is 0 Å². The van der Waals surface area contributed by atoms with Gasteiger partial charge in [-0.3, -0.25) is 0 Å². The van der Waals surface area contributed by atoms with E-state index in [-0.39, 0.29) is 0 Å². The summed E-state index contributed by atoms with van der Waals surface area (Å²) in [5, 5.41) is 4.46. The molecule has 1 aliphatic rings. The van der Waals surface area contributed by atoms with Crippen molar-refractivity contribution in [3.63, 3.8) is 0 Å². The van der Waals surface area contributed by atoms with Crippen molar-refractivity contribution in [2.75, 3.05) is 0 Å². The molecule has 3 heteroatoms. The van der Waals surface area contributed by atoms with Crippen LogP contribution < -0.4 is 0 Å². The van der Waals surface area contributed by atoms with Crippen LogP contribution in [0.1, 0.15) is 22.3 Å². The molecule has 66 heavy (non-hydrogen) atoms. The van der Waals surface area contributed by atoms with Crippen LogP contribution >= 0.6 is 0 Å². The maximum Gasteiger partial charge on any atom is 0.160 e. The van der Waals surface area contributed by atoms with E-state index >= 15 is 0 Å². The summed E-state index contributed by atoms with van der Waals surface area (Å²) in [5.41, 5.74) is 18.5. The SMILES string of the molecule is c1ccc(-c2nc(-c3ccc4oc5ccccc5c4c3)cc(-c3ccc(-c4ccc(-c5cccc6c5C(c5ccccc5)(c5ccccc5)c5ccccc5-6)cc4)c4ccccc34)n2)cc1. The molecule has 0 spiro atoms. The van der Waals surface area contributed by atoms with Crippen molar-refractivity contribution in [2.45, 2.75) is 5.41 Å². The van der Waals surface area contributed by atoms with Crippen LogP contribution in [-0.4, -0.2) is 9.97 Å². The first-order valence-electron chi connectivity index (χ1n) is 22.6. The highest BCUT2D eigenvalue weighted by Gasteiger charge is 2.47. The highest BCUT2D eigenvalue weighted by molar-refractivity contribution is 6.07. The van der Waals surface area contributed by atoms with Crippen LogP contribution in [0.4, 0.5) is 0 Å². The summed E-state index contributed by atoms with van der Waals surface area (Å²) >= 11 is 0. The van der Waals surface area contributed by atoms with Gasteiger partial charge < -0.3 is 4.42 Å². The van der Waals surface area contributed by atoms with Crippen molar-refractivity contribution in [1.82, 2.24) is 9.97 Å². The van der Waals surface area contributed by atoms with Gasteiger partial charge in [0.25, 0.3) is 0 Å². The molecule has 0 atom stereocenters. The van der Waals surface area contributed by atoms with E-state index in [4.69, 9.17) is 14.4 Å². The maximum atomic E-state index is 6.19. The highest BCUT2D eigenvalue weighted by atomic mass is 16.3. The van der Waals surface area contributed by atoms with Gasteiger partial charge in [0.05, 0.1) is 16.8 Å². The van der Waals surface area contributed by atoms with E-state index < -0.39 is 5.41 Å². The molecule has 2 aromatic heterocycles. The molecule has 0 amide bonds. The first-order chi connectivity index (χ1) is 32.7. The number of hydrogen-bond acceptors (Lipinski definition) is 3. The molecular weight excluding hydrogens is 801 g/mol. The lowest BCUT2D eigenvalue weighted by Crippen LogP contribution is -2.29. The third-order valence-corrected chi connectivity index (χ3v) is 13.6.